The molecule has 4 fully saturated rings. The molecule has 0 amide bonds. The molecule has 0 aromatic rings. The van der Waals surface area contributed by atoms with Gasteiger partial charge in [0, 0.05) is 58.3 Å². The second-order valence-corrected chi connectivity index (χ2v) is 20.0. The number of carbonyl (C=O) groups excluding carboxylic acids is 7. The Labute approximate surface area is 372 Å². The van der Waals surface area contributed by atoms with Gasteiger partial charge in [-0.2, -0.15) is 0 Å². The Morgan fingerprint density at radius 3 is 1.86 bits per heavy atom. The normalized spacial score (nSPS) is 37.4. The summed E-state index contributed by atoms with van der Waals surface area (Å²) < 4.78 is 47.4. The van der Waals surface area contributed by atoms with Crippen molar-refractivity contribution in [3.63, 3.8) is 0 Å². The molecule has 0 radical (unpaired) electrons. The number of aldehydes is 1. The summed E-state index contributed by atoms with van der Waals surface area (Å²) in [6, 6.07) is 0. The van der Waals surface area contributed by atoms with Crippen LogP contribution >= 0.6 is 0 Å². The van der Waals surface area contributed by atoms with Gasteiger partial charge in [0.1, 0.15) is 31.2 Å². The van der Waals surface area contributed by atoms with Gasteiger partial charge in [0.25, 0.3) is 0 Å². The van der Waals surface area contributed by atoms with E-state index in [0.29, 0.717) is 25.7 Å². The third-order valence-electron chi connectivity index (χ3n) is 15.3. The molecule has 5 aliphatic rings. The van der Waals surface area contributed by atoms with Crippen molar-refractivity contribution in [2.75, 3.05) is 6.61 Å². The highest BCUT2D eigenvalue weighted by atomic mass is 16.7. The quantitative estimate of drug-likeness (QED) is 0.0773. The molecular weight excluding hydrogens is 817 g/mol. The van der Waals surface area contributed by atoms with Crippen LogP contribution in [0.15, 0.2) is 23.3 Å². The zero-order valence-corrected chi connectivity index (χ0v) is 39.4. The van der Waals surface area contributed by atoms with Crippen LogP contribution < -0.4 is 0 Å². The van der Waals surface area contributed by atoms with Gasteiger partial charge >= 0.3 is 35.8 Å². The van der Waals surface area contributed by atoms with Crippen LogP contribution in [0, 0.1) is 45.3 Å². The maximum absolute atomic E-state index is 13.9. The summed E-state index contributed by atoms with van der Waals surface area (Å²) in [5, 5.41) is 0. The van der Waals surface area contributed by atoms with Crippen LogP contribution in [0.3, 0.4) is 0 Å². The number of hydrogen-bond donors (Lipinski definition) is 0. The monoisotopic (exact) mass is 886 g/mol. The van der Waals surface area contributed by atoms with Crippen molar-refractivity contribution in [1.82, 2.24) is 0 Å². The van der Waals surface area contributed by atoms with Crippen molar-refractivity contribution in [3.8, 4) is 0 Å². The van der Waals surface area contributed by atoms with E-state index in [1.807, 2.05) is 19.9 Å². The number of rotatable bonds is 14. The predicted molar refractivity (Wildman–Crippen MR) is 226 cm³/mol. The smallest absolute Gasteiger partial charge is 0.303 e. The molecule has 15 heteroatoms. The lowest BCUT2D eigenvalue weighted by atomic mass is 9.38. The van der Waals surface area contributed by atoms with Crippen LogP contribution in [0.4, 0.5) is 0 Å². The van der Waals surface area contributed by atoms with Crippen molar-refractivity contribution in [1.29, 1.82) is 0 Å². The number of carbonyl (C=O) groups is 7. The first-order valence-electron chi connectivity index (χ1n) is 22.4. The lowest BCUT2D eigenvalue weighted by Gasteiger charge is -2.66. The summed E-state index contributed by atoms with van der Waals surface area (Å²) in [6.07, 6.45) is 1.73. The molecule has 0 spiro atoms. The number of fused-ring (bicyclic) bond motifs is 5. The molecule has 1 heterocycles. The van der Waals surface area contributed by atoms with E-state index in [4.69, 9.17) is 37.9 Å². The van der Waals surface area contributed by atoms with Crippen molar-refractivity contribution in [3.05, 3.63) is 23.3 Å². The molecule has 1 saturated heterocycles. The minimum Gasteiger partial charge on any atom is -0.463 e. The van der Waals surface area contributed by atoms with E-state index in [9.17, 15) is 33.6 Å². The Kier molecular flexibility index (Phi) is 15.2. The van der Waals surface area contributed by atoms with Gasteiger partial charge in [-0.3, -0.25) is 28.8 Å². The summed E-state index contributed by atoms with van der Waals surface area (Å²) in [5.41, 5.74) is -0.183. The molecule has 0 bridgehead atoms. The summed E-state index contributed by atoms with van der Waals surface area (Å²) >= 11 is 0. The van der Waals surface area contributed by atoms with Crippen LogP contribution in [0.5, 0.6) is 0 Å². The second kappa shape index (κ2) is 19.2. The summed E-state index contributed by atoms with van der Waals surface area (Å²) in [4.78, 5) is 88.3. The molecule has 0 aromatic heterocycles. The fourth-order valence-electron chi connectivity index (χ4n) is 12.7. The van der Waals surface area contributed by atoms with E-state index in [1.54, 1.807) is 0 Å². The largest absolute Gasteiger partial charge is 0.463 e. The van der Waals surface area contributed by atoms with Crippen molar-refractivity contribution >= 4 is 42.1 Å². The van der Waals surface area contributed by atoms with Gasteiger partial charge in [-0.15, -0.1) is 0 Å². The molecule has 15 unspecified atom stereocenters. The molecule has 352 valence electrons. The van der Waals surface area contributed by atoms with Gasteiger partial charge in [0.05, 0.1) is 6.10 Å². The topological polar surface area (TPSA) is 193 Å². The molecule has 1 aliphatic heterocycles. The van der Waals surface area contributed by atoms with E-state index in [2.05, 4.69) is 40.7 Å². The van der Waals surface area contributed by atoms with E-state index >= 15 is 0 Å². The molecule has 15 atom stereocenters. The molecule has 5 rings (SSSR count). The standard InChI is InChI=1S/C48H70O15/c1-25(2)20-33(62-44-42(61-32(9)55)41(60-31(8)54)40(59-30(7)53)38(63-44)23-56-27(4)50)21-26(3)34-16-17-47(13)43-37(57-28(5)51)22-36-35(48(43,24-49)19-18-46(34,47)12)14-15-39(45(36,10)11)58-29(6)52/h20,22,24,26,33-35,37-44H,14-19,21,23H2,1-13H3. The molecule has 4 aliphatic carbocycles. The number of ether oxygens (including phenoxy) is 8. The Hall–Kier alpha value is -4.11. The van der Waals surface area contributed by atoms with Gasteiger partial charge in [-0.1, -0.05) is 51.8 Å². The highest BCUT2D eigenvalue weighted by Gasteiger charge is 2.71. The molecule has 63 heavy (non-hydrogen) atoms. The Balaban J connectivity index is 1.50. The van der Waals surface area contributed by atoms with Crippen LogP contribution in [0.2, 0.25) is 0 Å². The fourth-order valence-corrected chi connectivity index (χ4v) is 12.7. The van der Waals surface area contributed by atoms with Gasteiger partial charge in [0.2, 0.25) is 0 Å². The maximum atomic E-state index is 13.9. The van der Waals surface area contributed by atoms with E-state index in [1.165, 1.54) is 41.5 Å². The summed E-state index contributed by atoms with van der Waals surface area (Å²) in [7, 11) is 0. The van der Waals surface area contributed by atoms with Gasteiger partial charge in [-0.05, 0) is 93.5 Å². The highest BCUT2D eigenvalue weighted by molar-refractivity contribution is 5.70. The first-order valence-corrected chi connectivity index (χ1v) is 22.4. The minimum absolute atomic E-state index is 0.0202. The average Bonchev–Trinajstić information content (AvgIpc) is 3.43. The third-order valence-corrected chi connectivity index (χ3v) is 15.3. The van der Waals surface area contributed by atoms with Crippen molar-refractivity contribution < 1.29 is 71.5 Å². The van der Waals surface area contributed by atoms with Crippen molar-refractivity contribution in [2.45, 2.75) is 184 Å². The number of hydrogen-bond acceptors (Lipinski definition) is 15. The fraction of sp³-hybridized carbons (Fsp3) is 0.771. The zero-order chi connectivity index (χ0) is 47.0. The maximum Gasteiger partial charge on any atom is 0.303 e. The lowest BCUT2D eigenvalue weighted by molar-refractivity contribution is -0.314. The highest BCUT2D eigenvalue weighted by Crippen LogP contribution is 2.75. The zero-order valence-electron chi connectivity index (χ0n) is 39.4. The van der Waals surface area contributed by atoms with E-state index in [-0.39, 0.29) is 47.8 Å². The van der Waals surface area contributed by atoms with Gasteiger partial charge < -0.3 is 42.7 Å². The van der Waals surface area contributed by atoms with E-state index < -0.39 is 89.0 Å². The van der Waals surface area contributed by atoms with Crippen LogP contribution in [0.25, 0.3) is 0 Å². The van der Waals surface area contributed by atoms with Crippen LogP contribution in [-0.2, 0) is 71.5 Å². The van der Waals surface area contributed by atoms with E-state index in [0.717, 1.165) is 36.7 Å². The molecule has 0 N–H and O–H groups in total. The lowest BCUT2D eigenvalue weighted by Crippen LogP contribution is -2.65. The van der Waals surface area contributed by atoms with Crippen LogP contribution in [0.1, 0.15) is 135 Å². The predicted octanol–water partition coefficient (Wildman–Crippen LogP) is 6.70. The molecule has 3 saturated carbocycles. The van der Waals surface area contributed by atoms with Gasteiger partial charge in [0.15, 0.2) is 24.6 Å². The first kappa shape index (κ1) is 49.9. The average molecular weight is 887 g/mol. The van der Waals surface area contributed by atoms with Gasteiger partial charge in [-0.25, -0.2) is 0 Å². The number of esters is 6. The Bertz CT molecular complexity index is 1850. The summed E-state index contributed by atoms with van der Waals surface area (Å²) in [5.74, 6) is -3.85. The first-order chi connectivity index (χ1) is 29.3. The van der Waals surface area contributed by atoms with Crippen LogP contribution in [-0.4, -0.2) is 97.7 Å². The molecular formula is C48H70O15. The Morgan fingerprint density at radius 2 is 1.30 bits per heavy atom. The third kappa shape index (κ3) is 9.94. The molecule has 0 aromatic carbocycles. The SMILES string of the molecule is CC(=O)OCC1OC(OC(C=C(C)C)CC(C)C2CCC3(C)C4C(OC(C)=O)C=C5C(CCC(OC(C)=O)C5(C)C)C4(C=O)CCC23C)C(OC(C)=O)C(OC(C)=O)C1OC(C)=O. The molecule has 15 nitrogen and oxygen atoms in total. The Morgan fingerprint density at radius 1 is 0.714 bits per heavy atom. The summed E-state index contributed by atoms with van der Waals surface area (Å²) in [6.45, 7) is 21.9. The minimum atomic E-state index is -1.37. The second-order valence-electron chi connectivity index (χ2n) is 20.0. The number of allylic oxidation sites excluding steroid dienone is 1. The van der Waals surface area contributed by atoms with Crippen molar-refractivity contribution in [2.24, 2.45) is 45.3 Å².